The molecule has 2 heterocycles. The number of rotatable bonds is 6. The second-order valence-electron chi connectivity index (χ2n) is 7.90. The van der Waals surface area contributed by atoms with Crippen molar-refractivity contribution in [2.75, 3.05) is 18.4 Å². The first-order valence-electron chi connectivity index (χ1n) is 10.7. The zero-order valence-corrected chi connectivity index (χ0v) is 20.5. The lowest BCUT2D eigenvalue weighted by Gasteiger charge is -2.27. The molecule has 9 heteroatoms. The van der Waals surface area contributed by atoms with Crippen molar-refractivity contribution in [1.82, 2.24) is 14.7 Å². The van der Waals surface area contributed by atoms with E-state index >= 15 is 0 Å². The van der Waals surface area contributed by atoms with E-state index in [0.29, 0.717) is 34.3 Å². The van der Waals surface area contributed by atoms with Gasteiger partial charge in [-0.3, -0.25) is 14.3 Å². The molecule has 1 aliphatic rings. The summed E-state index contributed by atoms with van der Waals surface area (Å²) < 4.78 is 8.16. The van der Waals surface area contributed by atoms with Crippen LogP contribution in [-0.2, 0) is 13.7 Å². The number of hydrogen-bond acceptors (Lipinski definition) is 4. The summed E-state index contributed by atoms with van der Waals surface area (Å²) in [7, 11) is 1.71. The number of anilines is 1. The zero-order valence-electron chi connectivity index (χ0n) is 18.2. The normalized spacial score (nSPS) is 13.6. The highest BCUT2D eigenvalue weighted by molar-refractivity contribution is 9.10. The number of nitrogens with one attached hydrogen (secondary N) is 1. The van der Waals surface area contributed by atoms with Gasteiger partial charge in [0.05, 0.1) is 16.9 Å². The molecule has 3 aromatic rings. The maximum absolute atomic E-state index is 13.0. The van der Waals surface area contributed by atoms with Crippen LogP contribution >= 0.6 is 27.5 Å². The van der Waals surface area contributed by atoms with Crippen molar-refractivity contribution in [2.45, 2.75) is 25.9 Å². The van der Waals surface area contributed by atoms with Crippen molar-refractivity contribution in [3.05, 3.63) is 75.0 Å². The minimum absolute atomic E-state index is 0.107. The molecule has 2 amide bonds. The Kier molecular flexibility index (Phi) is 7.35. The molecule has 1 N–H and O–H groups in total. The number of nitrogens with zero attached hydrogens (tertiary/aromatic N) is 3. The van der Waals surface area contributed by atoms with Crippen molar-refractivity contribution < 1.29 is 14.3 Å². The van der Waals surface area contributed by atoms with Gasteiger partial charge in [0, 0.05) is 30.2 Å². The van der Waals surface area contributed by atoms with Crippen LogP contribution in [0.15, 0.2) is 53.1 Å². The third kappa shape index (κ3) is 5.57. The van der Waals surface area contributed by atoms with Crippen LogP contribution in [0.25, 0.3) is 0 Å². The number of halogens is 2. The summed E-state index contributed by atoms with van der Waals surface area (Å²) in [5.41, 5.74) is 2.17. The van der Waals surface area contributed by atoms with Gasteiger partial charge >= 0.3 is 0 Å². The van der Waals surface area contributed by atoms with Crippen LogP contribution in [-0.4, -0.2) is 39.6 Å². The number of ether oxygens (including phenoxy) is 1. The van der Waals surface area contributed by atoms with Crippen LogP contribution in [0.3, 0.4) is 0 Å². The van der Waals surface area contributed by atoms with E-state index < -0.39 is 0 Å². The highest BCUT2D eigenvalue weighted by Crippen LogP contribution is 2.28. The Bertz CT molecular complexity index is 1160. The Hall–Kier alpha value is -2.84. The zero-order chi connectivity index (χ0) is 23.4. The summed E-state index contributed by atoms with van der Waals surface area (Å²) in [6.07, 6.45) is 4.64. The molecule has 172 valence electrons. The Balaban J connectivity index is 1.40. The van der Waals surface area contributed by atoms with Crippen LogP contribution in [0.2, 0.25) is 5.02 Å². The number of likely N-dealkylation sites (tertiary alicyclic amines) is 1. The Labute approximate surface area is 205 Å². The monoisotopic (exact) mass is 530 g/mol. The molecule has 0 aliphatic carbocycles. The number of hydrogen-bond donors (Lipinski definition) is 1. The van der Waals surface area contributed by atoms with E-state index in [1.54, 1.807) is 31.3 Å². The number of amides is 2. The minimum Gasteiger partial charge on any atom is -0.487 e. The van der Waals surface area contributed by atoms with E-state index in [0.717, 1.165) is 42.4 Å². The third-order valence-corrected chi connectivity index (χ3v) is 6.33. The highest BCUT2D eigenvalue weighted by Gasteiger charge is 2.25. The molecule has 7 nitrogen and oxygen atoms in total. The Morgan fingerprint density at radius 1 is 1.12 bits per heavy atom. The summed E-state index contributed by atoms with van der Waals surface area (Å²) in [6.45, 7) is 1.78. The third-order valence-electron chi connectivity index (χ3n) is 5.54. The Morgan fingerprint density at radius 2 is 1.85 bits per heavy atom. The number of aromatic nitrogens is 2. The second-order valence-corrected chi connectivity index (χ2v) is 9.22. The fourth-order valence-electron chi connectivity index (χ4n) is 3.73. The molecule has 33 heavy (non-hydrogen) atoms. The van der Waals surface area contributed by atoms with Crippen molar-refractivity contribution in [3.8, 4) is 5.75 Å². The average Bonchev–Trinajstić information content (AvgIpc) is 3.18. The summed E-state index contributed by atoms with van der Waals surface area (Å²) in [6, 6.07) is 12.5. The van der Waals surface area contributed by atoms with E-state index in [9.17, 15) is 9.59 Å². The maximum Gasteiger partial charge on any atom is 0.274 e. The molecule has 0 spiro atoms. The number of piperidine rings is 1. The van der Waals surface area contributed by atoms with E-state index in [2.05, 4.69) is 26.3 Å². The molecule has 1 aliphatic heterocycles. The fourth-order valence-corrected chi connectivity index (χ4v) is 4.46. The van der Waals surface area contributed by atoms with E-state index in [1.807, 2.05) is 23.1 Å². The summed E-state index contributed by atoms with van der Waals surface area (Å²) in [5.74, 6) is 0.174. The van der Waals surface area contributed by atoms with E-state index in [-0.39, 0.29) is 11.8 Å². The van der Waals surface area contributed by atoms with Crippen LogP contribution < -0.4 is 10.1 Å². The lowest BCUT2D eigenvalue weighted by molar-refractivity contribution is 0.0714. The first kappa shape index (κ1) is 23.3. The van der Waals surface area contributed by atoms with Crippen molar-refractivity contribution in [1.29, 1.82) is 0 Å². The predicted octanol–water partition coefficient (Wildman–Crippen LogP) is 5.29. The maximum atomic E-state index is 13.0. The smallest absolute Gasteiger partial charge is 0.274 e. The van der Waals surface area contributed by atoms with Crippen LogP contribution in [0, 0.1) is 0 Å². The van der Waals surface area contributed by atoms with Gasteiger partial charge in [-0.2, -0.15) is 5.10 Å². The topological polar surface area (TPSA) is 76.5 Å². The highest BCUT2D eigenvalue weighted by atomic mass is 79.9. The van der Waals surface area contributed by atoms with Gasteiger partial charge in [0.1, 0.15) is 18.1 Å². The van der Waals surface area contributed by atoms with Gasteiger partial charge in [0.15, 0.2) is 0 Å². The number of benzene rings is 2. The van der Waals surface area contributed by atoms with Gasteiger partial charge in [-0.1, -0.05) is 39.7 Å². The molecule has 1 aromatic heterocycles. The minimum atomic E-state index is -0.306. The first-order chi connectivity index (χ1) is 15.9. The van der Waals surface area contributed by atoms with Gasteiger partial charge < -0.3 is 15.0 Å². The van der Waals surface area contributed by atoms with Gasteiger partial charge in [-0.05, 0) is 55.2 Å². The lowest BCUT2D eigenvalue weighted by atomic mass is 10.1. The molecule has 1 fully saturated rings. The van der Waals surface area contributed by atoms with Crippen LogP contribution in [0.1, 0.15) is 45.7 Å². The molecule has 2 aromatic carbocycles. The molecular formula is C24H24BrClN4O3. The standard InChI is InChI=1S/C24H24BrClN4O3/c1-29-22(24(32)30-11-3-2-4-12-30)20(14-27-29)28-23(31)17-7-5-16(6-8-17)15-33-21-10-9-18(25)13-19(21)26/h5-10,13-14H,2-4,11-12,15H2,1H3,(H,28,31). The SMILES string of the molecule is Cn1ncc(NC(=O)c2ccc(COc3ccc(Br)cc3Cl)cc2)c1C(=O)N1CCCCC1. The number of aryl methyl sites for hydroxylation is 1. The summed E-state index contributed by atoms with van der Waals surface area (Å²) >= 11 is 9.55. The van der Waals surface area contributed by atoms with E-state index in [1.165, 1.54) is 10.9 Å². The van der Waals surface area contributed by atoms with Gasteiger partial charge in [-0.25, -0.2) is 0 Å². The summed E-state index contributed by atoms with van der Waals surface area (Å²) in [5, 5.41) is 7.54. The van der Waals surface area contributed by atoms with Gasteiger partial charge in [0.25, 0.3) is 11.8 Å². The van der Waals surface area contributed by atoms with E-state index in [4.69, 9.17) is 16.3 Å². The molecular weight excluding hydrogens is 508 g/mol. The van der Waals surface area contributed by atoms with Crippen molar-refractivity contribution >= 4 is 45.0 Å². The Morgan fingerprint density at radius 3 is 2.55 bits per heavy atom. The molecule has 0 saturated carbocycles. The number of carbonyl (C=O) groups excluding carboxylic acids is 2. The molecule has 0 unspecified atom stereocenters. The lowest BCUT2D eigenvalue weighted by Crippen LogP contribution is -2.37. The molecule has 0 atom stereocenters. The average molecular weight is 532 g/mol. The molecule has 1 saturated heterocycles. The molecule has 0 radical (unpaired) electrons. The molecule has 4 rings (SSSR count). The van der Waals surface area contributed by atoms with Crippen molar-refractivity contribution in [3.63, 3.8) is 0 Å². The van der Waals surface area contributed by atoms with Crippen LogP contribution in [0.4, 0.5) is 5.69 Å². The second kappa shape index (κ2) is 10.4. The summed E-state index contributed by atoms with van der Waals surface area (Å²) in [4.78, 5) is 27.6. The van der Waals surface area contributed by atoms with Crippen molar-refractivity contribution in [2.24, 2.45) is 7.05 Å². The molecule has 0 bridgehead atoms. The fraction of sp³-hybridized carbons (Fsp3) is 0.292. The number of carbonyl (C=O) groups is 2. The van der Waals surface area contributed by atoms with Crippen LogP contribution in [0.5, 0.6) is 5.75 Å². The predicted molar refractivity (Wildman–Crippen MR) is 131 cm³/mol. The first-order valence-corrected chi connectivity index (χ1v) is 11.9. The van der Waals surface area contributed by atoms with Gasteiger partial charge in [0.2, 0.25) is 0 Å². The van der Waals surface area contributed by atoms with Gasteiger partial charge in [-0.15, -0.1) is 0 Å². The quantitative estimate of drug-likeness (QED) is 0.469. The largest absolute Gasteiger partial charge is 0.487 e.